The van der Waals surface area contributed by atoms with E-state index in [0.29, 0.717) is 6.54 Å². The van der Waals surface area contributed by atoms with Crippen LogP contribution in [0.4, 0.5) is 10.1 Å². The second-order valence-corrected chi connectivity index (χ2v) is 4.50. The van der Waals surface area contributed by atoms with Crippen LogP contribution in [0.25, 0.3) is 0 Å². The number of hydrogen-bond donors (Lipinski definition) is 3. The first-order valence-corrected chi connectivity index (χ1v) is 6.13. The molecule has 1 atom stereocenters. The molecule has 5 nitrogen and oxygen atoms in total. The summed E-state index contributed by atoms with van der Waals surface area (Å²) in [5.74, 6) is -2.73. The molecule has 0 radical (unpaired) electrons. The fraction of sp³-hybridized carbons (Fsp3) is 0.385. The van der Waals surface area contributed by atoms with Gasteiger partial charge in [-0.15, -0.1) is 0 Å². The normalized spacial score (nSPS) is 18.9. The molecule has 0 aliphatic carbocycles. The lowest BCUT2D eigenvalue weighted by molar-refractivity contribution is -0.120. The first-order chi connectivity index (χ1) is 9.09. The minimum absolute atomic E-state index is 0.00285. The summed E-state index contributed by atoms with van der Waals surface area (Å²) in [6.07, 6.45) is 1.64. The number of nitrogens with one attached hydrogen (secondary N) is 2. The summed E-state index contributed by atoms with van der Waals surface area (Å²) in [6, 6.07) is 3.82. The zero-order valence-corrected chi connectivity index (χ0v) is 10.3. The van der Waals surface area contributed by atoms with Crippen LogP contribution in [-0.4, -0.2) is 30.1 Å². The Bertz CT molecular complexity index is 499. The van der Waals surface area contributed by atoms with Crippen molar-refractivity contribution in [1.82, 2.24) is 5.32 Å². The number of hydrogen-bond acceptors (Lipinski definition) is 3. The molecule has 1 heterocycles. The van der Waals surface area contributed by atoms with Gasteiger partial charge in [-0.3, -0.25) is 4.79 Å². The molecule has 1 amide bonds. The van der Waals surface area contributed by atoms with Crippen molar-refractivity contribution in [3.63, 3.8) is 0 Å². The van der Waals surface area contributed by atoms with Gasteiger partial charge >= 0.3 is 5.97 Å². The smallest absolute Gasteiger partial charge is 0.340 e. The van der Waals surface area contributed by atoms with Crippen molar-refractivity contribution in [2.24, 2.45) is 5.92 Å². The van der Waals surface area contributed by atoms with Crippen LogP contribution in [0, 0.1) is 11.7 Å². The molecule has 1 aromatic rings. The van der Waals surface area contributed by atoms with E-state index in [4.69, 9.17) is 5.11 Å². The zero-order valence-electron chi connectivity index (χ0n) is 10.3. The number of benzene rings is 1. The Morgan fingerprint density at radius 1 is 1.42 bits per heavy atom. The molecule has 102 valence electrons. The van der Waals surface area contributed by atoms with Crippen molar-refractivity contribution in [2.75, 3.05) is 18.4 Å². The number of carbonyl (C=O) groups is 2. The van der Waals surface area contributed by atoms with E-state index in [-0.39, 0.29) is 17.5 Å². The van der Waals surface area contributed by atoms with Crippen molar-refractivity contribution < 1.29 is 19.1 Å². The van der Waals surface area contributed by atoms with Crippen molar-refractivity contribution in [1.29, 1.82) is 0 Å². The van der Waals surface area contributed by atoms with Crippen LogP contribution in [0.1, 0.15) is 23.2 Å². The van der Waals surface area contributed by atoms with E-state index >= 15 is 0 Å². The van der Waals surface area contributed by atoms with Gasteiger partial charge in [0.05, 0.1) is 11.6 Å². The van der Waals surface area contributed by atoms with Gasteiger partial charge in [-0.25, -0.2) is 9.18 Å². The van der Waals surface area contributed by atoms with E-state index in [1.807, 2.05) is 0 Å². The summed E-state index contributed by atoms with van der Waals surface area (Å²) in [5, 5.41) is 14.6. The van der Waals surface area contributed by atoms with E-state index in [2.05, 4.69) is 10.6 Å². The SMILES string of the molecule is O=C(O)c1c(F)cccc1NC(=O)C1CCCNC1. The number of carboxylic acids is 1. The Morgan fingerprint density at radius 2 is 2.21 bits per heavy atom. The minimum Gasteiger partial charge on any atom is -0.478 e. The third-order valence-electron chi connectivity index (χ3n) is 3.15. The van der Waals surface area contributed by atoms with Crippen LogP contribution in [0.2, 0.25) is 0 Å². The number of amides is 1. The second kappa shape index (κ2) is 5.79. The average molecular weight is 266 g/mol. The van der Waals surface area contributed by atoms with Gasteiger partial charge in [0.2, 0.25) is 5.91 Å². The van der Waals surface area contributed by atoms with E-state index in [1.165, 1.54) is 12.1 Å². The highest BCUT2D eigenvalue weighted by Gasteiger charge is 2.23. The standard InChI is InChI=1S/C13H15FN2O3/c14-9-4-1-5-10(11(9)13(18)19)16-12(17)8-3-2-6-15-7-8/h1,4-5,8,15H,2-3,6-7H2,(H,16,17)(H,18,19). The molecule has 1 unspecified atom stereocenters. The highest BCUT2D eigenvalue weighted by atomic mass is 19.1. The first-order valence-electron chi connectivity index (χ1n) is 6.13. The third-order valence-corrected chi connectivity index (χ3v) is 3.15. The van der Waals surface area contributed by atoms with Gasteiger partial charge in [-0.05, 0) is 31.5 Å². The summed E-state index contributed by atoms with van der Waals surface area (Å²) < 4.78 is 13.4. The zero-order chi connectivity index (χ0) is 13.8. The number of rotatable bonds is 3. The Labute approximate surface area is 109 Å². The summed E-state index contributed by atoms with van der Waals surface area (Å²) in [7, 11) is 0. The Hall–Kier alpha value is -1.95. The van der Waals surface area contributed by atoms with Gasteiger partial charge in [-0.2, -0.15) is 0 Å². The highest BCUT2D eigenvalue weighted by molar-refractivity contribution is 6.01. The Balaban J connectivity index is 2.16. The van der Waals surface area contributed by atoms with Gasteiger partial charge in [0.25, 0.3) is 0 Å². The van der Waals surface area contributed by atoms with E-state index < -0.39 is 17.3 Å². The van der Waals surface area contributed by atoms with Crippen molar-refractivity contribution in [3.05, 3.63) is 29.6 Å². The van der Waals surface area contributed by atoms with Gasteiger partial charge in [0.1, 0.15) is 11.4 Å². The van der Waals surface area contributed by atoms with E-state index in [9.17, 15) is 14.0 Å². The maximum absolute atomic E-state index is 13.4. The molecule has 6 heteroatoms. The lowest BCUT2D eigenvalue weighted by atomic mass is 9.98. The molecule has 0 bridgehead atoms. The predicted octanol–water partition coefficient (Wildman–Crippen LogP) is 1.46. The van der Waals surface area contributed by atoms with E-state index in [1.54, 1.807) is 0 Å². The number of aromatic carboxylic acids is 1. The molecule has 3 N–H and O–H groups in total. The largest absolute Gasteiger partial charge is 0.478 e. The van der Waals surface area contributed by atoms with Crippen LogP contribution < -0.4 is 10.6 Å². The number of piperidine rings is 1. The van der Waals surface area contributed by atoms with E-state index in [0.717, 1.165) is 25.5 Å². The number of carbonyl (C=O) groups excluding carboxylic acids is 1. The fourth-order valence-electron chi connectivity index (χ4n) is 2.16. The summed E-state index contributed by atoms with van der Waals surface area (Å²) >= 11 is 0. The van der Waals surface area contributed by atoms with Crippen LogP contribution >= 0.6 is 0 Å². The molecule has 2 rings (SSSR count). The summed E-state index contributed by atoms with van der Waals surface area (Å²) in [6.45, 7) is 1.44. The summed E-state index contributed by atoms with van der Waals surface area (Å²) in [4.78, 5) is 23.0. The quantitative estimate of drug-likeness (QED) is 0.774. The maximum Gasteiger partial charge on any atom is 0.340 e. The topological polar surface area (TPSA) is 78.4 Å². The molecule has 0 spiro atoms. The molecular weight excluding hydrogens is 251 g/mol. The molecule has 1 aromatic carbocycles. The Kier molecular flexibility index (Phi) is 4.11. The third kappa shape index (κ3) is 3.08. The molecule has 1 saturated heterocycles. The predicted molar refractivity (Wildman–Crippen MR) is 67.6 cm³/mol. The number of halogens is 1. The molecule has 1 aliphatic heterocycles. The van der Waals surface area contributed by atoms with Gasteiger partial charge in [0.15, 0.2) is 0 Å². The molecule has 0 saturated carbocycles. The second-order valence-electron chi connectivity index (χ2n) is 4.50. The molecule has 0 aromatic heterocycles. The van der Waals surface area contributed by atoms with Crippen molar-refractivity contribution in [3.8, 4) is 0 Å². The van der Waals surface area contributed by atoms with Gasteiger partial charge < -0.3 is 15.7 Å². The number of carboxylic acid groups (broad SMARTS) is 1. The average Bonchev–Trinajstić information content (AvgIpc) is 2.39. The fourth-order valence-corrected chi connectivity index (χ4v) is 2.16. The summed E-state index contributed by atoms with van der Waals surface area (Å²) in [5.41, 5.74) is -0.498. The Morgan fingerprint density at radius 3 is 2.84 bits per heavy atom. The van der Waals surface area contributed by atoms with Gasteiger partial charge in [0, 0.05) is 6.54 Å². The molecular formula is C13H15FN2O3. The van der Waals surface area contributed by atoms with Crippen molar-refractivity contribution in [2.45, 2.75) is 12.8 Å². The molecule has 19 heavy (non-hydrogen) atoms. The highest BCUT2D eigenvalue weighted by Crippen LogP contribution is 2.21. The van der Waals surface area contributed by atoms with Crippen LogP contribution in [0.3, 0.4) is 0 Å². The van der Waals surface area contributed by atoms with Crippen LogP contribution in [0.5, 0.6) is 0 Å². The lowest BCUT2D eigenvalue weighted by Crippen LogP contribution is -2.37. The molecule has 1 aliphatic rings. The number of anilines is 1. The first kappa shape index (κ1) is 13.5. The maximum atomic E-state index is 13.4. The van der Waals surface area contributed by atoms with Gasteiger partial charge in [-0.1, -0.05) is 6.07 Å². The van der Waals surface area contributed by atoms with Crippen molar-refractivity contribution >= 4 is 17.6 Å². The lowest BCUT2D eigenvalue weighted by Gasteiger charge is -2.22. The van der Waals surface area contributed by atoms with Crippen LogP contribution in [-0.2, 0) is 4.79 Å². The monoisotopic (exact) mass is 266 g/mol. The minimum atomic E-state index is -1.39. The molecule has 1 fully saturated rings. The van der Waals surface area contributed by atoms with Crippen LogP contribution in [0.15, 0.2) is 18.2 Å².